The molecule has 0 aliphatic heterocycles. The molecule has 1 amide bonds. The largest absolute Gasteiger partial charge is 0.493 e. The minimum Gasteiger partial charge on any atom is -0.493 e. The summed E-state index contributed by atoms with van der Waals surface area (Å²) < 4.78 is 24.6. The fourth-order valence-electron chi connectivity index (χ4n) is 5.24. The number of aromatic nitrogens is 2. The Hall–Kier alpha value is -4.72. The molecule has 1 heterocycles. The number of amides is 1. The van der Waals surface area contributed by atoms with Gasteiger partial charge in [-0.05, 0) is 48.6 Å². The van der Waals surface area contributed by atoms with Gasteiger partial charge in [0.05, 0.1) is 38.9 Å². The van der Waals surface area contributed by atoms with Crippen LogP contribution in [0.3, 0.4) is 0 Å². The molecule has 4 aromatic carbocycles. The summed E-state index contributed by atoms with van der Waals surface area (Å²) in [6.07, 6.45) is 3.64. The maximum absolute atomic E-state index is 12.8. The number of ether oxygens (including phenoxy) is 4. The second kappa shape index (κ2) is 13.8. The van der Waals surface area contributed by atoms with Crippen molar-refractivity contribution >= 4 is 27.7 Å². The third-order valence-corrected chi connectivity index (χ3v) is 7.35. The number of nitrogens with one attached hydrogen (secondary N) is 1. The summed E-state index contributed by atoms with van der Waals surface area (Å²) in [4.78, 5) is 17.7. The Morgan fingerprint density at radius 3 is 2.33 bits per heavy atom. The first kappa shape index (κ1) is 28.8. The van der Waals surface area contributed by atoms with Gasteiger partial charge in [-0.25, -0.2) is 4.98 Å². The summed E-state index contributed by atoms with van der Waals surface area (Å²) in [5, 5.41) is 5.29. The van der Waals surface area contributed by atoms with Crippen LogP contribution in [0.1, 0.15) is 35.4 Å². The molecular formula is C34H37N3O5. The van der Waals surface area contributed by atoms with Crippen LogP contribution >= 0.6 is 0 Å². The standard InChI is InChI=1S/C34H37N3O5/c1-39-30-22-25(23-31(40-2)33(30)41-3)34(38)35-19-10-4-5-18-32-36-27-15-8-9-16-28(27)37(32)20-21-42-29-17-11-13-24-12-6-7-14-26(24)29/h6-9,11-17,22-23H,4-5,10,18-21H2,1-3H3,(H,35,38). The highest BCUT2D eigenvalue weighted by atomic mass is 16.5. The van der Waals surface area contributed by atoms with Crippen LogP contribution < -0.4 is 24.3 Å². The third kappa shape index (κ3) is 6.43. The monoisotopic (exact) mass is 567 g/mol. The third-order valence-electron chi connectivity index (χ3n) is 7.35. The molecule has 0 bridgehead atoms. The number of benzene rings is 4. The molecule has 8 nitrogen and oxygen atoms in total. The van der Waals surface area contributed by atoms with Gasteiger partial charge in [0.2, 0.25) is 5.75 Å². The fraction of sp³-hybridized carbons (Fsp3) is 0.294. The number of aryl methyl sites for hydroxylation is 1. The topological polar surface area (TPSA) is 83.8 Å². The van der Waals surface area contributed by atoms with Crippen molar-refractivity contribution in [3.05, 3.63) is 90.3 Å². The van der Waals surface area contributed by atoms with Gasteiger partial charge >= 0.3 is 0 Å². The van der Waals surface area contributed by atoms with E-state index in [2.05, 4.69) is 40.2 Å². The van der Waals surface area contributed by atoms with E-state index in [0.717, 1.165) is 53.7 Å². The molecule has 0 radical (unpaired) electrons. The quantitative estimate of drug-likeness (QED) is 0.156. The zero-order chi connectivity index (χ0) is 29.3. The van der Waals surface area contributed by atoms with Crippen LogP contribution in [0.5, 0.6) is 23.0 Å². The van der Waals surface area contributed by atoms with Gasteiger partial charge in [-0.15, -0.1) is 0 Å². The van der Waals surface area contributed by atoms with Crippen LogP contribution in [0.2, 0.25) is 0 Å². The molecule has 0 saturated carbocycles. The lowest BCUT2D eigenvalue weighted by molar-refractivity contribution is 0.0952. The molecule has 8 heteroatoms. The number of unbranched alkanes of at least 4 members (excludes halogenated alkanes) is 2. The highest BCUT2D eigenvalue weighted by molar-refractivity contribution is 5.95. The second-order valence-electron chi connectivity index (χ2n) is 9.97. The smallest absolute Gasteiger partial charge is 0.251 e. The summed E-state index contributed by atoms with van der Waals surface area (Å²) in [5.41, 5.74) is 2.57. The molecule has 0 unspecified atom stereocenters. The Kier molecular flexibility index (Phi) is 9.44. The Bertz CT molecular complexity index is 1630. The van der Waals surface area contributed by atoms with Gasteiger partial charge in [-0.1, -0.05) is 55.0 Å². The lowest BCUT2D eigenvalue weighted by Crippen LogP contribution is -2.24. The first-order valence-corrected chi connectivity index (χ1v) is 14.3. The predicted octanol–water partition coefficient (Wildman–Crippen LogP) is 6.44. The number of carbonyl (C=O) groups excluding carboxylic acids is 1. The number of rotatable bonds is 14. The Balaban J connectivity index is 1.14. The van der Waals surface area contributed by atoms with Crippen molar-refractivity contribution in [1.82, 2.24) is 14.9 Å². The van der Waals surface area contributed by atoms with Crippen molar-refractivity contribution in [2.24, 2.45) is 0 Å². The first-order chi connectivity index (χ1) is 20.6. The van der Waals surface area contributed by atoms with E-state index < -0.39 is 0 Å². The molecule has 0 aliphatic carbocycles. The number of methoxy groups -OCH3 is 3. The highest BCUT2D eigenvalue weighted by Crippen LogP contribution is 2.38. The number of imidazole rings is 1. The van der Waals surface area contributed by atoms with E-state index in [-0.39, 0.29) is 5.91 Å². The molecule has 0 spiro atoms. The number of hydrogen-bond donors (Lipinski definition) is 1. The van der Waals surface area contributed by atoms with Crippen molar-refractivity contribution in [2.75, 3.05) is 34.5 Å². The summed E-state index contributed by atoms with van der Waals surface area (Å²) in [7, 11) is 4.60. The van der Waals surface area contributed by atoms with E-state index in [1.165, 1.54) is 26.7 Å². The van der Waals surface area contributed by atoms with Crippen LogP contribution in [-0.2, 0) is 13.0 Å². The van der Waals surface area contributed by atoms with Crippen molar-refractivity contribution in [2.45, 2.75) is 32.2 Å². The molecule has 0 atom stereocenters. The zero-order valence-corrected chi connectivity index (χ0v) is 24.4. The van der Waals surface area contributed by atoms with Gasteiger partial charge in [-0.3, -0.25) is 4.79 Å². The van der Waals surface area contributed by atoms with Gasteiger partial charge in [0, 0.05) is 23.9 Å². The van der Waals surface area contributed by atoms with Crippen LogP contribution in [0.25, 0.3) is 21.8 Å². The van der Waals surface area contributed by atoms with Gasteiger partial charge < -0.3 is 28.8 Å². The zero-order valence-electron chi connectivity index (χ0n) is 24.4. The molecule has 0 fully saturated rings. The van der Waals surface area contributed by atoms with Crippen LogP contribution in [0.4, 0.5) is 0 Å². The minimum atomic E-state index is -0.178. The van der Waals surface area contributed by atoms with E-state index in [9.17, 15) is 4.79 Å². The Morgan fingerprint density at radius 1 is 0.810 bits per heavy atom. The molecule has 218 valence electrons. The molecule has 0 aliphatic rings. The Labute approximate surface area is 246 Å². The number of para-hydroxylation sites is 2. The van der Waals surface area contributed by atoms with Gasteiger partial charge in [0.1, 0.15) is 18.2 Å². The molecule has 5 rings (SSSR count). The van der Waals surface area contributed by atoms with Crippen molar-refractivity contribution in [3.63, 3.8) is 0 Å². The van der Waals surface area contributed by atoms with Crippen molar-refractivity contribution in [1.29, 1.82) is 0 Å². The van der Waals surface area contributed by atoms with Crippen LogP contribution in [0.15, 0.2) is 78.9 Å². The SMILES string of the molecule is COc1cc(C(=O)NCCCCCc2nc3ccccc3n2CCOc2cccc3ccccc23)cc(OC)c1OC. The normalized spacial score (nSPS) is 11.0. The highest BCUT2D eigenvalue weighted by Gasteiger charge is 2.17. The van der Waals surface area contributed by atoms with E-state index in [0.29, 0.717) is 42.5 Å². The predicted molar refractivity (Wildman–Crippen MR) is 165 cm³/mol. The fourth-order valence-corrected chi connectivity index (χ4v) is 5.24. The first-order valence-electron chi connectivity index (χ1n) is 14.3. The minimum absolute atomic E-state index is 0.178. The second-order valence-corrected chi connectivity index (χ2v) is 9.97. The van der Waals surface area contributed by atoms with Crippen LogP contribution in [0, 0.1) is 0 Å². The maximum atomic E-state index is 12.8. The van der Waals surface area contributed by atoms with Gasteiger partial charge in [-0.2, -0.15) is 0 Å². The molecule has 0 saturated heterocycles. The lowest BCUT2D eigenvalue weighted by Gasteiger charge is -2.14. The van der Waals surface area contributed by atoms with Crippen molar-refractivity contribution in [3.8, 4) is 23.0 Å². The van der Waals surface area contributed by atoms with Gasteiger partial charge in [0.15, 0.2) is 11.5 Å². The maximum Gasteiger partial charge on any atom is 0.251 e. The average Bonchev–Trinajstić information content (AvgIpc) is 3.38. The molecule has 1 aromatic heterocycles. The van der Waals surface area contributed by atoms with Crippen molar-refractivity contribution < 1.29 is 23.7 Å². The van der Waals surface area contributed by atoms with Crippen LogP contribution in [-0.4, -0.2) is 49.9 Å². The lowest BCUT2D eigenvalue weighted by atomic mass is 10.1. The summed E-state index contributed by atoms with van der Waals surface area (Å²) in [5.74, 6) is 3.14. The molecule has 5 aromatic rings. The number of nitrogens with zero attached hydrogens (tertiary/aromatic N) is 2. The van der Waals surface area contributed by atoms with E-state index in [1.807, 2.05) is 36.4 Å². The Morgan fingerprint density at radius 2 is 1.55 bits per heavy atom. The molecule has 1 N–H and O–H groups in total. The van der Waals surface area contributed by atoms with Gasteiger partial charge in [0.25, 0.3) is 5.91 Å². The number of carbonyl (C=O) groups is 1. The summed E-state index contributed by atoms with van der Waals surface area (Å²) in [6.45, 7) is 1.84. The molecular weight excluding hydrogens is 530 g/mol. The molecule has 42 heavy (non-hydrogen) atoms. The average molecular weight is 568 g/mol. The summed E-state index contributed by atoms with van der Waals surface area (Å²) in [6, 6.07) is 26.0. The number of fused-ring (bicyclic) bond motifs is 2. The van der Waals surface area contributed by atoms with E-state index in [4.69, 9.17) is 23.9 Å². The van der Waals surface area contributed by atoms with E-state index >= 15 is 0 Å². The number of hydrogen-bond acceptors (Lipinski definition) is 6. The van der Waals surface area contributed by atoms with E-state index in [1.54, 1.807) is 12.1 Å². The summed E-state index contributed by atoms with van der Waals surface area (Å²) >= 11 is 0.